The lowest BCUT2D eigenvalue weighted by molar-refractivity contribution is -0.140. The first kappa shape index (κ1) is 11.0. The zero-order chi connectivity index (χ0) is 10.6. The molecular weight excluding hydrogens is 202 g/mol. The quantitative estimate of drug-likeness (QED) is 0.720. The number of ether oxygens (including phenoxy) is 1. The van der Waals surface area contributed by atoms with Crippen LogP contribution < -0.4 is 0 Å². The summed E-state index contributed by atoms with van der Waals surface area (Å²) < 4.78 is 4.92. The number of halogens is 1. The second-order valence-electron chi connectivity index (χ2n) is 3.66. The number of carbonyl (C=O) groups excluding carboxylic acids is 1. The fourth-order valence-corrected chi connectivity index (χ4v) is 1.41. The Morgan fingerprint density at radius 3 is 2.86 bits per heavy atom. The molecule has 0 fully saturated rings. The van der Waals surface area contributed by atoms with Crippen LogP contribution in [0.15, 0.2) is 18.5 Å². The van der Waals surface area contributed by atoms with E-state index in [4.69, 9.17) is 16.3 Å². The van der Waals surface area contributed by atoms with Crippen molar-refractivity contribution < 1.29 is 9.53 Å². The molecule has 0 radical (unpaired) electrons. The van der Waals surface area contributed by atoms with E-state index in [0.29, 0.717) is 17.9 Å². The van der Waals surface area contributed by atoms with Crippen LogP contribution in [0.4, 0.5) is 0 Å². The molecule has 0 saturated heterocycles. The van der Waals surface area contributed by atoms with E-state index in [0.717, 1.165) is 5.56 Å². The molecule has 14 heavy (non-hydrogen) atoms. The van der Waals surface area contributed by atoms with Gasteiger partial charge in [0.1, 0.15) is 5.60 Å². The van der Waals surface area contributed by atoms with Crippen LogP contribution in [0.2, 0.25) is 5.02 Å². The van der Waals surface area contributed by atoms with Crippen molar-refractivity contribution >= 4 is 18.1 Å². The summed E-state index contributed by atoms with van der Waals surface area (Å²) in [5.41, 5.74) is 0.429. The van der Waals surface area contributed by atoms with E-state index >= 15 is 0 Å². The first-order valence-electron chi connectivity index (χ1n) is 4.24. The third kappa shape index (κ3) is 3.34. The van der Waals surface area contributed by atoms with Gasteiger partial charge < -0.3 is 4.74 Å². The average molecular weight is 214 g/mol. The number of nitrogens with zero attached hydrogens (tertiary/aromatic N) is 1. The minimum atomic E-state index is -0.520. The lowest BCUT2D eigenvalue weighted by atomic mass is 10.00. The maximum absolute atomic E-state index is 10.2. The van der Waals surface area contributed by atoms with E-state index < -0.39 is 5.60 Å². The van der Waals surface area contributed by atoms with E-state index in [9.17, 15) is 4.79 Å². The molecule has 4 heteroatoms. The van der Waals surface area contributed by atoms with Crippen molar-refractivity contribution in [3.63, 3.8) is 0 Å². The molecular formula is C10H12ClNO2. The van der Waals surface area contributed by atoms with Crippen LogP contribution in [-0.2, 0) is 16.0 Å². The highest BCUT2D eigenvalue weighted by Gasteiger charge is 2.19. The van der Waals surface area contributed by atoms with Crippen molar-refractivity contribution in [1.29, 1.82) is 0 Å². The zero-order valence-electron chi connectivity index (χ0n) is 8.16. The highest BCUT2D eigenvalue weighted by atomic mass is 35.5. The van der Waals surface area contributed by atoms with Gasteiger partial charge in [-0.1, -0.05) is 11.6 Å². The van der Waals surface area contributed by atoms with E-state index in [1.807, 2.05) is 19.9 Å². The van der Waals surface area contributed by atoms with E-state index in [-0.39, 0.29) is 0 Å². The monoisotopic (exact) mass is 213 g/mol. The smallest absolute Gasteiger partial charge is 0.293 e. The molecule has 0 aliphatic rings. The van der Waals surface area contributed by atoms with Gasteiger partial charge >= 0.3 is 0 Å². The highest BCUT2D eigenvalue weighted by Crippen LogP contribution is 2.17. The Labute approximate surface area is 88.1 Å². The Balaban J connectivity index is 2.72. The van der Waals surface area contributed by atoms with Gasteiger partial charge in [0.15, 0.2) is 0 Å². The molecule has 0 saturated carbocycles. The fourth-order valence-electron chi connectivity index (χ4n) is 1.22. The highest BCUT2D eigenvalue weighted by molar-refractivity contribution is 6.30. The standard InChI is InChI=1S/C10H12ClNO2/c1-10(2,14-7-13)4-8-3-9(11)6-12-5-8/h3,5-7H,4H2,1-2H3. The normalized spacial score (nSPS) is 11.1. The third-order valence-electron chi connectivity index (χ3n) is 1.76. The van der Waals surface area contributed by atoms with Crippen LogP contribution in [-0.4, -0.2) is 17.1 Å². The van der Waals surface area contributed by atoms with E-state index in [1.54, 1.807) is 12.4 Å². The molecule has 0 atom stereocenters. The Morgan fingerprint density at radius 2 is 2.29 bits per heavy atom. The van der Waals surface area contributed by atoms with Crippen LogP contribution >= 0.6 is 11.6 Å². The fraction of sp³-hybridized carbons (Fsp3) is 0.400. The second-order valence-corrected chi connectivity index (χ2v) is 4.10. The van der Waals surface area contributed by atoms with Gasteiger partial charge in [-0.25, -0.2) is 0 Å². The lowest BCUT2D eigenvalue weighted by Crippen LogP contribution is -2.26. The molecule has 0 aliphatic carbocycles. The second kappa shape index (κ2) is 4.42. The molecule has 0 amide bonds. The van der Waals surface area contributed by atoms with Crippen molar-refractivity contribution in [2.45, 2.75) is 25.9 Å². The summed E-state index contributed by atoms with van der Waals surface area (Å²) in [6.07, 6.45) is 3.87. The molecule has 0 aromatic carbocycles. The van der Waals surface area contributed by atoms with Gasteiger partial charge in [0.2, 0.25) is 0 Å². The molecule has 1 aromatic heterocycles. The Morgan fingerprint density at radius 1 is 1.57 bits per heavy atom. The molecule has 0 bridgehead atoms. The van der Waals surface area contributed by atoms with Gasteiger partial charge in [-0.3, -0.25) is 9.78 Å². The third-order valence-corrected chi connectivity index (χ3v) is 1.97. The molecule has 0 unspecified atom stereocenters. The molecule has 1 aromatic rings. The largest absolute Gasteiger partial charge is 0.462 e. The summed E-state index contributed by atoms with van der Waals surface area (Å²) in [5.74, 6) is 0. The van der Waals surface area contributed by atoms with Gasteiger partial charge in [0, 0.05) is 18.8 Å². The van der Waals surface area contributed by atoms with E-state index in [1.165, 1.54) is 0 Å². The van der Waals surface area contributed by atoms with Crippen molar-refractivity contribution in [2.75, 3.05) is 0 Å². The molecule has 0 N–H and O–H groups in total. The van der Waals surface area contributed by atoms with Crippen molar-refractivity contribution in [1.82, 2.24) is 4.98 Å². The Kier molecular flexibility index (Phi) is 3.47. The predicted molar refractivity (Wildman–Crippen MR) is 54.2 cm³/mol. The molecule has 1 rings (SSSR count). The van der Waals surface area contributed by atoms with Crippen LogP contribution in [0.25, 0.3) is 0 Å². The number of aromatic nitrogens is 1. The zero-order valence-corrected chi connectivity index (χ0v) is 8.91. The SMILES string of the molecule is CC(C)(Cc1cncc(Cl)c1)OC=O. The number of hydrogen-bond acceptors (Lipinski definition) is 3. The maximum Gasteiger partial charge on any atom is 0.293 e. The van der Waals surface area contributed by atoms with Crippen LogP contribution in [0, 0.1) is 0 Å². The van der Waals surface area contributed by atoms with Crippen molar-refractivity contribution in [2.24, 2.45) is 0 Å². The van der Waals surface area contributed by atoms with Crippen molar-refractivity contribution in [3.05, 3.63) is 29.0 Å². The van der Waals surface area contributed by atoms with Gasteiger partial charge in [-0.05, 0) is 25.5 Å². The maximum atomic E-state index is 10.2. The molecule has 1 heterocycles. The Hall–Kier alpha value is -1.09. The molecule has 0 spiro atoms. The van der Waals surface area contributed by atoms with Gasteiger partial charge in [0.05, 0.1) is 5.02 Å². The average Bonchev–Trinajstić information content (AvgIpc) is 2.02. The topological polar surface area (TPSA) is 39.2 Å². The molecule has 3 nitrogen and oxygen atoms in total. The number of carbonyl (C=O) groups is 1. The minimum Gasteiger partial charge on any atom is -0.462 e. The van der Waals surface area contributed by atoms with Crippen LogP contribution in [0.1, 0.15) is 19.4 Å². The number of pyridine rings is 1. The van der Waals surface area contributed by atoms with Gasteiger partial charge in [-0.15, -0.1) is 0 Å². The number of rotatable bonds is 4. The lowest BCUT2D eigenvalue weighted by Gasteiger charge is -2.22. The molecule has 0 aliphatic heterocycles. The summed E-state index contributed by atoms with van der Waals surface area (Å²) in [6.45, 7) is 4.13. The van der Waals surface area contributed by atoms with Gasteiger partial charge in [0.25, 0.3) is 6.47 Å². The Bertz CT molecular complexity index is 326. The van der Waals surface area contributed by atoms with Crippen LogP contribution in [0.5, 0.6) is 0 Å². The minimum absolute atomic E-state index is 0.456. The number of hydrogen-bond donors (Lipinski definition) is 0. The van der Waals surface area contributed by atoms with Gasteiger partial charge in [-0.2, -0.15) is 0 Å². The molecule has 76 valence electrons. The van der Waals surface area contributed by atoms with E-state index in [2.05, 4.69) is 4.98 Å². The summed E-state index contributed by atoms with van der Waals surface area (Å²) in [7, 11) is 0. The summed E-state index contributed by atoms with van der Waals surface area (Å²) in [5, 5.41) is 0.587. The van der Waals surface area contributed by atoms with Crippen molar-refractivity contribution in [3.8, 4) is 0 Å². The predicted octanol–water partition coefficient (Wildman–Crippen LogP) is 2.23. The summed E-state index contributed by atoms with van der Waals surface area (Å²) in [4.78, 5) is 14.2. The summed E-state index contributed by atoms with van der Waals surface area (Å²) in [6, 6.07) is 1.81. The first-order valence-corrected chi connectivity index (χ1v) is 4.62. The summed E-state index contributed by atoms with van der Waals surface area (Å²) >= 11 is 5.78. The van der Waals surface area contributed by atoms with Crippen LogP contribution in [0.3, 0.4) is 0 Å². The first-order chi connectivity index (χ1) is 6.53.